The summed E-state index contributed by atoms with van der Waals surface area (Å²) in [4.78, 5) is 12.2. The lowest BCUT2D eigenvalue weighted by Gasteiger charge is -2.35. The third kappa shape index (κ3) is 3.06. The summed E-state index contributed by atoms with van der Waals surface area (Å²) < 4.78 is 5.23. The van der Waals surface area contributed by atoms with Gasteiger partial charge in [-0.3, -0.25) is 0 Å². The lowest BCUT2D eigenvalue weighted by Crippen LogP contribution is -2.24. The highest BCUT2D eigenvalue weighted by molar-refractivity contribution is 6.30. The molecule has 1 aromatic carbocycles. The Bertz CT molecular complexity index is 526. The molecule has 0 fully saturated rings. The van der Waals surface area contributed by atoms with Crippen LogP contribution < -0.4 is 0 Å². The molecule has 20 heavy (non-hydrogen) atoms. The number of carbonyl (C=O) groups excluding carboxylic acids is 1. The summed E-state index contributed by atoms with van der Waals surface area (Å²) in [5.74, 6) is -0.176. The van der Waals surface area contributed by atoms with Crippen LogP contribution in [0.4, 0.5) is 0 Å². The lowest BCUT2D eigenvalue weighted by molar-refractivity contribution is -0.138. The fourth-order valence-electron chi connectivity index (χ4n) is 2.97. The van der Waals surface area contributed by atoms with Crippen molar-refractivity contribution in [2.75, 3.05) is 6.61 Å². The van der Waals surface area contributed by atoms with Crippen molar-refractivity contribution in [1.82, 2.24) is 0 Å². The lowest BCUT2D eigenvalue weighted by atomic mass is 9.70. The molecule has 0 heterocycles. The maximum absolute atomic E-state index is 12.2. The van der Waals surface area contributed by atoms with E-state index >= 15 is 0 Å². The Morgan fingerprint density at radius 1 is 1.30 bits per heavy atom. The first-order valence-corrected chi connectivity index (χ1v) is 7.50. The molecule has 0 atom stereocenters. The minimum absolute atomic E-state index is 0.0197. The minimum atomic E-state index is -0.176. The molecular formula is C17H21ClO2. The standard InChI is InChI=1S/C17H21ClO2/c1-4-20-16(19)14-6-5-11-17(2,3)15(14)12-7-9-13(18)10-8-12/h7-10H,4-6,11H2,1-3H3. The SMILES string of the molecule is CCOC(=O)C1=C(c2ccc(Cl)cc2)C(C)(C)CCC1. The maximum Gasteiger partial charge on any atom is 0.334 e. The first-order valence-electron chi connectivity index (χ1n) is 7.12. The second-order valence-electron chi connectivity index (χ2n) is 5.82. The summed E-state index contributed by atoms with van der Waals surface area (Å²) >= 11 is 5.96. The number of halogens is 1. The topological polar surface area (TPSA) is 26.3 Å². The molecule has 2 rings (SSSR count). The molecule has 0 spiro atoms. The van der Waals surface area contributed by atoms with E-state index in [-0.39, 0.29) is 11.4 Å². The second kappa shape index (κ2) is 6.01. The normalized spacial score (nSPS) is 18.0. The van der Waals surface area contributed by atoms with Crippen LogP contribution in [0.1, 0.15) is 45.6 Å². The Morgan fingerprint density at radius 2 is 1.95 bits per heavy atom. The van der Waals surface area contributed by atoms with Crippen LogP contribution >= 0.6 is 11.6 Å². The van der Waals surface area contributed by atoms with E-state index in [4.69, 9.17) is 16.3 Å². The molecular weight excluding hydrogens is 272 g/mol. The monoisotopic (exact) mass is 292 g/mol. The van der Waals surface area contributed by atoms with Gasteiger partial charge in [0.05, 0.1) is 6.61 Å². The third-order valence-corrected chi connectivity index (χ3v) is 4.11. The molecule has 108 valence electrons. The van der Waals surface area contributed by atoms with E-state index in [0.717, 1.165) is 36.0 Å². The van der Waals surface area contributed by atoms with Gasteiger partial charge in [0.2, 0.25) is 0 Å². The molecule has 3 heteroatoms. The number of carbonyl (C=O) groups is 1. The molecule has 0 radical (unpaired) electrons. The summed E-state index contributed by atoms with van der Waals surface area (Å²) in [5.41, 5.74) is 2.99. The summed E-state index contributed by atoms with van der Waals surface area (Å²) in [7, 11) is 0. The largest absolute Gasteiger partial charge is 0.463 e. The third-order valence-electron chi connectivity index (χ3n) is 3.86. The highest BCUT2D eigenvalue weighted by atomic mass is 35.5. The number of rotatable bonds is 3. The Balaban J connectivity index is 2.53. The number of ether oxygens (including phenoxy) is 1. The molecule has 1 aliphatic carbocycles. The van der Waals surface area contributed by atoms with Gasteiger partial charge in [0.1, 0.15) is 0 Å². The van der Waals surface area contributed by atoms with E-state index in [1.165, 1.54) is 0 Å². The summed E-state index contributed by atoms with van der Waals surface area (Å²) in [6.07, 6.45) is 2.90. The Morgan fingerprint density at radius 3 is 2.55 bits per heavy atom. The van der Waals surface area contributed by atoms with E-state index in [9.17, 15) is 4.79 Å². The van der Waals surface area contributed by atoms with Crippen molar-refractivity contribution >= 4 is 23.1 Å². The van der Waals surface area contributed by atoms with E-state index in [2.05, 4.69) is 13.8 Å². The van der Waals surface area contributed by atoms with E-state index in [1.807, 2.05) is 31.2 Å². The highest BCUT2D eigenvalue weighted by Crippen LogP contribution is 2.46. The molecule has 2 nitrogen and oxygen atoms in total. The van der Waals surface area contributed by atoms with Crippen molar-refractivity contribution in [2.45, 2.75) is 40.0 Å². The van der Waals surface area contributed by atoms with Crippen LogP contribution in [0, 0.1) is 5.41 Å². The first kappa shape index (κ1) is 15.1. The summed E-state index contributed by atoms with van der Waals surface area (Å²) in [6.45, 7) is 6.63. The van der Waals surface area contributed by atoms with Crippen molar-refractivity contribution in [2.24, 2.45) is 5.41 Å². The van der Waals surface area contributed by atoms with E-state index < -0.39 is 0 Å². The molecule has 0 aliphatic heterocycles. The number of allylic oxidation sites excluding steroid dienone is 1. The van der Waals surface area contributed by atoms with Gasteiger partial charge in [-0.2, -0.15) is 0 Å². The average Bonchev–Trinajstić information content (AvgIpc) is 2.39. The average molecular weight is 293 g/mol. The fraction of sp³-hybridized carbons (Fsp3) is 0.471. The maximum atomic E-state index is 12.2. The van der Waals surface area contributed by atoms with Gasteiger partial charge < -0.3 is 4.74 Å². The van der Waals surface area contributed by atoms with E-state index in [1.54, 1.807) is 0 Å². The molecule has 1 aliphatic rings. The summed E-state index contributed by atoms with van der Waals surface area (Å²) in [6, 6.07) is 7.72. The van der Waals surface area contributed by atoms with Crippen molar-refractivity contribution in [1.29, 1.82) is 0 Å². The van der Waals surface area contributed by atoms with Crippen LogP contribution in [0.15, 0.2) is 29.8 Å². The number of esters is 1. The zero-order valence-electron chi connectivity index (χ0n) is 12.3. The Hall–Kier alpha value is -1.28. The molecule has 0 aromatic heterocycles. The van der Waals surface area contributed by atoms with Crippen molar-refractivity contribution in [3.05, 3.63) is 40.4 Å². The van der Waals surface area contributed by atoms with Gasteiger partial charge >= 0.3 is 5.97 Å². The minimum Gasteiger partial charge on any atom is -0.463 e. The van der Waals surface area contributed by atoms with Crippen LogP contribution in [0.25, 0.3) is 5.57 Å². The predicted molar refractivity (Wildman–Crippen MR) is 82.6 cm³/mol. The van der Waals surface area contributed by atoms with E-state index in [0.29, 0.717) is 11.6 Å². The van der Waals surface area contributed by atoms with Crippen molar-refractivity contribution < 1.29 is 9.53 Å². The highest BCUT2D eigenvalue weighted by Gasteiger charge is 2.33. The van der Waals surface area contributed by atoms with Crippen LogP contribution in [0.3, 0.4) is 0 Å². The van der Waals surface area contributed by atoms with Crippen LogP contribution in [-0.4, -0.2) is 12.6 Å². The molecule has 1 aromatic rings. The second-order valence-corrected chi connectivity index (χ2v) is 6.25. The van der Waals surface area contributed by atoms with Gasteiger partial charge in [-0.05, 0) is 54.9 Å². The number of hydrogen-bond donors (Lipinski definition) is 0. The smallest absolute Gasteiger partial charge is 0.334 e. The Labute approximate surface area is 125 Å². The number of hydrogen-bond acceptors (Lipinski definition) is 2. The molecule has 0 bridgehead atoms. The van der Waals surface area contributed by atoms with Gasteiger partial charge in [-0.25, -0.2) is 4.79 Å². The molecule has 0 saturated carbocycles. The first-order chi connectivity index (χ1) is 9.45. The quantitative estimate of drug-likeness (QED) is 0.743. The van der Waals surface area contributed by atoms with Gasteiger partial charge in [0.15, 0.2) is 0 Å². The van der Waals surface area contributed by atoms with Gasteiger partial charge in [0, 0.05) is 10.6 Å². The van der Waals surface area contributed by atoms with Gasteiger partial charge in [-0.15, -0.1) is 0 Å². The van der Waals surface area contributed by atoms with Crippen molar-refractivity contribution in [3.63, 3.8) is 0 Å². The summed E-state index contributed by atoms with van der Waals surface area (Å²) in [5, 5.41) is 0.709. The molecule has 0 unspecified atom stereocenters. The predicted octanol–water partition coefficient (Wildman–Crippen LogP) is 4.87. The van der Waals surface area contributed by atoms with Gasteiger partial charge in [-0.1, -0.05) is 37.6 Å². The van der Waals surface area contributed by atoms with Gasteiger partial charge in [0.25, 0.3) is 0 Å². The zero-order chi connectivity index (χ0) is 14.8. The molecule has 0 N–H and O–H groups in total. The molecule has 0 saturated heterocycles. The van der Waals surface area contributed by atoms with Crippen LogP contribution in [0.5, 0.6) is 0 Å². The van der Waals surface area contributed by atoms with Crippen LogP contribution in [0.2, 0.25) is 5.02 Å². The zero-order valence-corrected chi connectivity index (χ0v) is 13.1. The molecule has 0 amide bonds. The Kier molecular flexibility index (Phi) is 4.54. The fourth-order valence-corrected chi connectivity index (χ4v) is 3.10. The van der Waals surface area contributed by atoms with Crippen molar-refractivity contribution in [3.8, 4) is 0 Å². The van der Waals surface area contributed by atoms with Crippen LogP contribution in [-0.2, 0) is 9.53 Å². The number of benzene rings is 1.